The van der Waals surface area contributed by atoms with E-state index in [1.54, 1.807) is 12.1 Å². The maximum Gasteiger partial charge on any atom is 0.291 e. The Hall–Kier alpha value is -2.88. The minimum Gasteiger partial charge on any atom is -0.450 e. The lowest BCUT2D eigenvalue weighted by molar-refractivity contribution is 0.0997. The van der Waals surface area contributed by atoms with Gasteiger partial charge in [0.25, 0.3) is 5.91 Å². The average Bonchev–Trinajstić information content (AvgIpc) is 2.51. The summed E-state index contributed by atoms with van der Waals surface area (Å²) in [7, 11) is 0. The Morgan fingerprint density at radius 3 is 2.52 bits per heavy atom. The number of hydrogen-bond donors (Lipinski definition) is 1. The predicted octanol–water partition coefficient (Wildman–Crippen LogP) is 3.97. The Labute approximate surface area is 133 Å². The van der Waals surface area contributed by atoms with Crippen molar-refractivity contribution < 1.29 is 9.21 Å². The van der Waals surface area contributed by atoms with E-state index in [1.807, 2.05) is 45.0 Å². The third-order valence-corrected chi connectivity index (χ3v) is 3.81. The molecule has 3 rings (SSSR count). The van der Waals surface area contributed by atoms with Crippen molar-refractivity contribution in [1.29, 1.82) is 0 Å². The second-order valence-electron chi connectivity index (χ2n) is 5.70. The summed E-state index contributed by atoms with van der Waals surface area (Å²) in [6, 6.07) is 12.3. The molecule has 0 unspecified atom stereocenters. The Morgan fingerprint density at radius 2 is 1.78 bits per heavy atom. The van der Waals surface area contributed by atoms with Gasteiger partial charge in [0.15, 0.2) is 11.2 Å². The molecule has 4 nitrogen and oxygen atoms in total. The second-order valence-corrected chi connectivity index (χ2v) is 5.70. The number of aryl methyl sites for hydroxylation is 3. The molecule has 3 aromatic rings. The van der Waals surface area contributed by atoms with E-state index in [1.165, 1.54) is 6.07 Å². The summed E-state index contributed by atoms with van der Waals surface area (Å²) in [5.41, 5.74) is 3.83. The van der Waals surface area contributed by atoms with Crippen molar-refractivity contribution >= 4 is 22.6 Å². The molecule has 1 aromatic heterocycles. The van der Waals surface area contributed by atoms with Crippen molar-refractivity contribution in [2.24, 2.45) is 0 Å². The first kappa shape index (κ1) is 15.0. The van der Waals surface area contributed by atoms with Crippen molar-refractivity contribution in [3.63, 3.8) is 0 Å². The molecule has 1 N–H and O–H groups in total. The predicted molar refractivity (Wildman–Crippen MR) is 91.1 cm³/mol. The molecule has 0 radical (unpaired) electrons. The quantitative estimate of drug-likeness (QED) is 0.779. The SMILES string of the molecule is Cc1ccc(NC(=O)c2cc(=O)c3cccc(C)c3o2)c(C)c1. The van der Waals surface area contributed by atoms with Crippen LogP contribution in [0, 0.1) is 20.8 Å². The summed E-state index contributed by atoms with van der Waals surface area (Å²) in [6.07, 6.45) is 0. The number of anilines is 1. The smallest absolute Gasteiger partial charge is 0.291 e. The fourth-order valence-electron chi connectivity index (χ4n) is 2.57. The number of benzene rings is 2. The van der Waals surface area contributed by atoms with Gasteiger partial charge in [-0.1, -0.05) is 29.8 Å². The number of carbonyl (C=O) groups excluding carboxylic acids is 1. The van der Waals surface area contributed by atoms with Crippen molar-refractivity contribution in [2.45, 2.75) is 20.8 Å². The number of para-hydroxylation sites is 1. The van der Waals surface area contributed by atoms with E-state index in [2.05, 4.69) is 5.32 Å². The molecule has 0 aliphatic rings. The molecular weight excluding hydrogens is 290 g/mol. The molecular formula is C19H17NO3. The zero-order chi connectivity index (χ0) is 16.6. The molecule has 116 valence electrons. The van der Waals surface area contributed by atoms with E-state index in [-0.39, 0.29) is 11.2 Å². The maximum absolute atomic E-state index is 12.4. The maximum atomic E-state index is 12.4. The van der Waals surface area contributed by atoms with Crippen molar-refractivity contribution in [3.05, 3.63) is 75.1 Å². The van der Waals surface area contributed by atoms with E-state index in [0.717, 1.165) is 16.7 Å². The normalized spacial score (nSPS) is 10.7. The lowest BCUT2D eigenvalue weighted by atomic mass is 10.1. The summed E-state index contributed by atoms with van der Waals surface area (Å²) in [5.74, 6) is -0.420. The number of amides is 1. The van der Waals surface area contributed by atoms with Gasteiger partial charge in [-0.3, -0.25) is 9.59 Å². The summed E-state index contributed by atoms with van der Waals surface area (Å²) < 4.78 is 5.66. The first-order chi connectivity index (χ1) is 11.0. The van der Waals surface area contributed by atoms with Gasteiger partial charge in [0.2, 0.25) is 0 Å². The van der Waals surface area contributed by atoms with Crippen LogP contribution in [0.5, 0.6) is 0 Å². The third-order valence-electron chi connectivity index (χ3n) is 3.81. The lowest BCUT2D eigenvalue weighted by Gasteiger charge is -2.09. The minimum absolute atomic E-state index is 0.0109. The number of fused-ring (bicyclic) bond motifs is 1. The third kappa shape index (κ3) is 2.88. The second kappa shape index (κ2) is 5.72. The van der Waals surface area contributed by atoms with Gasteiger partial charge in [0.05, 0.1) is 5.39 Å². The van der Waals surface area contributed by atoms with Crippen LogP contribution >= 0.6 is 0 Å². The molecule has 23 heavy (non-hydrogen) atoms. The van der Waals surface area contributed by atoms with Crippen molar-refractivity contribution in [1.82, 2.24) is 0 Å². The fourth-order valence-corrected chi connectivity index (χ4v) is 2.57. The molecule has 1 amide bonds. The Bertz CT molecular complexity index is 970. The highest BCUT2D eigenvalue weighted by Crippen LogP contribution is 2.19. The van der Waals surface area contributed by atoms with E-state index < -0.39 is 5.91 Å². The van der Waals surface area contributed by atoms with Gasteiger partial charge in [-0.15, -0.1) is 0 Å². The highest BCUT2D eigenvalue weighted by Gasteiger charge is 2.14. The molecule has 0 saturated heterocycles. The highest BCUT2D eigenvalue weighted by molar-refractivity contribution is 6.03. The number of hydrogen-bond acceptors (Lipinski definition) is 3. The van der Waals surface area contributed by atoms with Gasteiger partial charge >= 0.3 is 0 Å². The van der Waals surface area contributed by atoms with Crippen LogP contribution in [0.4, 0.5) is 5.69 Å². The van der Waals surface area contributed by atoms with Gasteiger partial charge in [-0.05, 0) is 44.0 Å². The molecule has 0 bridgehead atoms. The standard InChI is InChI=1S/C19H17NO3/c1-11-7-8-15(13(3)9-11)20-19(22)17-10-16(21)14-6-4-5-12(2)18(14)23-17/h4-10H,1-3H3,(H,20,22). The first-order valence-corrected chi connectivity index (χ1v) is 7.38. The molecule has 0 saturated carbocycles. The molecule has 4 heteroatoms. The van der Waals surface area contributed by atoms with Crippen molar-refractivity contribution in [2.75, 3.05) is 5.32 Å². The molecule has 0 spiro atoms. The highest BCUT2D eigenvalue weighted by atomic mass is 16.3. The van der Waals surface area contributed by atoms with Gasteiger partial charge in [0, 0.05) is 11.8 Å². The van der Waals surface area contributed by atoms with Crippen LogP contribution in [0.3, 0.4) is 0 Å². The molecule has 0 aliphatic carbocycles. The van der Waals surface area contributed by atoms with E-state index in [4.69, 9.17) is 4.42 Å². The number of carbonyl (C=O) groups is 1. The topological polar surface area (TPSA) is 59.3 Å². The van der Waals surface area contributed by atoms with Gasteiger partial charge in [0.1, 0.15) is 5.58 Å². The molecule has 0 atom stereocenters. The number of rotatable bonds is 2. The summed E-state index contributed by atoms with van der Waals surface area (Å²) in [4.78, 5) is 24.6. The van der Waals surface area contributed by atoms with Gasteiger partial charge in [-0.2, -0.15) is 0 Å². The van der Waals surface area contributed by atoms with Crippen LogP contribution in [-0.2, 0) is 0 Å². The largest absolute Gasteiger partial charge is 0.450 e. The van der Waals surface area contributed by atoms with E-state index in [9.17, 15) is 9.59 Å². The summed E-state index contributed by atoms with van der Waals surface area (Å²) >= 11 is 0. The van der Waals surface area contributed by atoms with E-state index >= 15 is 0 Å². The Kier molecular flexibility index (Phi) is 3.74. The van der Waals surface area contributed by atoms with Gasteiger partial charge in [-0.25, -0.2) is 0 Å². The minimum atomic E-state index is -0.431. The van der Waals surface area contributed by atoms with E-state index in [0.29, 0.717) is 16.7 Å². The summed E-state index contributed by atoms with van der Waals surface area (Å²) in [5, 5.41) is 3.27. The Morgan fingerprint density at radius 1 is 1.00 bits per heavy atom. The monoisotopic (exact) mass is 307 g/mol. The molecule has 1 heterocycles. The Balaban J connectivity index is 2.01. The van der Waals surface area contributed by atoms with Crippen LogP contribution in [0.1, 0.15) is 27.2 Å². The lowest BCUT2D eigenvalue weighted by Crippen LogP contribution is -2.15. The number of nitrogens with one attached hydrogen (secondary N) is 1. The van der Waals surface area contributed by atoms with Crippen LogP contribution in [0.2, 0.25) is 0 Å². The zero-order valence-corrected chi connectivity index (χ0v) is 13.3. The summed E-state index contributed by atoms with van der Waals surface area (Å²) in [6.45, 7) is 5.75. The average molecular weight is 307 g/mol. The molecule has 0 aliphatic heterocycles. The van der Waals surface area contributed by atoms with Crippen LogP contribution in [-0.4, -0.2) is 5.91 Å². The first-order valence-electron chi connectivity index (χ1n) is 7.38. The fraction of sp³-hybridized carbons (Fsp3) is 0.158. The van der Waals surface area contributed by atoms with Crippen LogP contribution in [0.25, 0.3) is 11.0 Å². The van der Waals surface area contributed by atoms with Crippen LogP contribution in [0.15, 0.2) is 51.7 Å². The van der Waals surface area contributed by atoms with Crippen molar-refractivity contribution in [3.8, 4) is 0 Å². The van der Waals surface area contributed by atoms with Crippen LogP contribution < -0.4 is 10.7 Å². The van der Waals surface area contributed by atoms with Gasteiger partial charge < -0.3 is 9.73 Å². The molecule has 2 aromatic carbocycles. The molecule has 0 fully saturated rings. The zero-order valence-electron chi connectivity index (χ0n) is 13.3.